The molecule has 0 saturated carbocycles. The molecule has 0 fully saturated rings. The molecule has 0 aromatic carbocycles. The molecule has 0 aromatic heterocycles. The van der Waals surface area contributed by atoms with Crippen molar-refractivity contribution in [1.29, 1.82) is 0 Å². The zero-order valence-electron chi connectivity index (χ0n) is 30.9. The lowest BCUT2D eigenvalue weighted by atomic mass is 10.4. The first-order valence-corrected chi connectivity index (χ1v) is 39.2. The van der Waals surface area contributed by atoms with E-state index in [0.29, 0.717) is 11.1 Å². The molecule has 2 atom stereocenters. The molecule has 0 heterocycles. The first kappa shape index (κ1) is 43.7. The van der Waals surface area contributed by atoms with Crippen LogP contribution in [0.2, 0.25) is 109 Å². The molecule has 0 saturated heterocycles. The Bertz CT molecular complexity index is 818. The molecular formula is C26H69ClO7Si8. The van der Waals surface area contributed by atoms with Crippen LogP contribution in [0.3, 0.4) is 0 Å². The predicted octanol–water partition coefficient (Wildman–Crippen LogP) is 10.6. The topological polar surface area (TPSA) is 64.6 Å². The molecule has 0 aromatic rings. The van der Waals surface area contributed by atoms with Crippen LogP contribution < -0.4 is 0 Å². The van der Waals surface area contributed by atoms with Gasteiger partial charge in [0.25, 0.3) is 7.63 Å². The van der Waals surface area contributed by atoms with Crippen molar-refractivity contribution in [2.24, 2.45) is 0 Å². The van der Waals surface area contributed by atoms with Crippen LogP contribution in [0.25, 0.3) is 0 Å². The third-order valence-corrected chi connectivity index (χ3v) is 42.1. The van der Waals surface area contributed by atoms with Crippen LogP contribution in [-0.2, 0) is 28.8 Å². The van der Waals surface area contributed by atoms with Crippen molar-refractivity contribution in [3.05, 3.63) is 0 Å². The lowest BCUT2D eigenvalue weighted by molar-refractivity contribution is 0.264. The molecule has 2 unspecified atom stereocenters. The molecule has 0 bridgehead atoms. The first-order valence-electron chi connectivity index (χ1n) is 16.1. The molecule has 0 spiro atoms. The Morgan fingerprint density at radius 1 is 0.452 bits per heavy atom. The third-order valence-electron chi connectivity index (χ3n) is 7.08. The average Bonchev–Trinajstić information content (AvgIpc) is 2.70. The molecule has 0 rings (SSSR count). The summed E-state index contributed by atoms with van der Waals surface area (Å²) < 4.78 is 47.4. The van der Waals surface area contributed by atoms with Gasteiger partial charge in [-0.3, -0.25) is 0 Å². The molecule has 0 aliphatic heterocycles. The summed E-state index contributed by atoms with van der Waals surface area (Å²) in [5, 5.41) is 0. The van der Waals surface area contributed by atoms with Crippen molar-refractivity contribution in [3.8, 4) is 0 Å². The minimum absolute atomic E-state index is 0.339. The van der Waals surface area contributed by atoms with E-state index in [-0.39, 0.29) is 0 Å². The van der Waals surface area contributed by atoms with E-state index in [1.54, 1.807) is 0 Å². The Kier molecular flexibility index (Phi) is 16.9. The average molecular weight is 754 g/mol. The van der Waals surface area contributed by atoms with Gasteiger partial charge in [-0.25, -0.2) is 0 Å². The van der Waals surface area contributed by atoms with Crippen LogP contribution in [0.4, 0.5) is 0 Å². The van der Waals surface area contributed by atoms with Crippen LogP contribution in [0.5, 0.6) is 0 Å². The highest BCUT2D eigenvalue weighted by Crippen LogP contribution is 2.43. The van der Waals surface area contributed by atoms with E-state index < -0.39 is 67.3 Å². The zero-order chi connectivity index (χ0) is 33.6. The Morgan fingerprint density at radius 2 is 0.714 bits per heavy atom. The fourth-order valence-electron chi connectivity index (χ4n) is 6.02. The minimum atomic E-state index is -2.63. The summed E-state index contributed by atoms with van der Waals surface area (Å²) >= 11 is 7.35. The van der Waals surface area contributed by atoms with Crippen molar-refractivity contribution in [2.75, 3.05) is 0 Å². The zero-order valence-corrected chi connectivity index (χ0v) is 39.7. The molecular weight excluding hydrogens is 684 g/mol. The summed E-state index contributed by atoms with van der Waals surface area (Å²) in [6, 6.07) is 1.16. The van der Waals surface area contributed by atoms with Crippen LogP contribution in [0.1, 0.15) is 60.3 Å². The monoisotopic (exact) mass is 752 g/mol. The summed E-state index contributed by atoms with van der Waals surface area (Å²) in [7, 11) is -19.7. The molecule has 42 heavy (non-hydrogen) atoms. The van der Waals surface area contributed by atoms with Gasteiger partial charge in [0.05, 0.1) is 0 Å². The van der Waals surface area contributed by atoms with Crippen LogP contribution in [-0.4, -0.2) is 67.3 Å². The quantitative estimate of drug-likeness (QED) is 0.0854. The van der Waals surface area contributed by atoms with Gasteiger partial charge in [-0.15, -0.1) is 11.1 Å². The Hall–Kier alpha value is 1.75. The smallest absolute Gasteiger partial charge is 0.314 e. The molecule has 0 N–H and O–H groups in total. The molecule has 0 radical (unpaired) electrons. The van der Waals surface area contributed by atoms with Gasteiger partial charge >= 0.3 is 51.4 Å². The second kappa shape index (κ2) is 16.2. The van der Waals surface area contributed by atoms with Gasteiger partial charge < -0.3 is 28.8 Å². The molecule has 7 nitrogen and oxygen atoms in total. The fourth-order valence-corrected chi connectivity index (χ4v) is 49.2. The van der Waals surface area contributed by atoms with E-state index >= 15 is 0 Å². The summed E-state index contributed by atoms with van der Waals surface area (Å²) in [5.74, 6) is 0. The number of halogens is 1. The van der Waals surface area contributed by atoms with Crippen molar-refractivity contribution in [1.82, 2.24) is 0 Å². The van der Waals surface area contributed by atoms with Gasteiger partial charge in [-0.1, -0.05) is 60.3 Å². The van der Waals surface area contributed by atoms with Crippen LogP contribution >= 0.6 is 11.1 Å². The number of rotatable bonds is 21. The third kappa shape index (κ3) is 16.5. The maximum atomic E-state index is 7.35. The second-order valence-electron chi connectivity index (χ2n) is 15.3. The SMILES string of the molecule is CCCC[Si](C)(C)O[Si](C)(C)O[Si](C)(C)O[Si](C)(C)O[Si](C)(C)O[Si](C)(C)O[Si](C)(C)O[Si](Cl)(C(C)CC)C(C)CC. The number of unbranched alkanes of at least 4 members (excludes halogenated alkanes) is 1. The maximum Gasteiger partial charge on any atom is 0.314 e. The van der Waals surface area contributed by atoms with E-state index in [9.17, 15) is 0 Å². The largest absolute Gasteiger partial charge is 0.436 e. The maximum absolute atomic E-state index is 7.35. The van der Waals surface area contributed by atoms with Gasteiger partial charge in [0, 0.05) is 0 Å². The van der Waals surface area contributed by atoms with Gasteiger partial charge in [-0.2, -0.15) is 0 Å². The summed E-state index contributed by atoms with van der Waals surface area (Å²) in [6.45, 7) is 41.0. The predicted molar refractivity (Wildman–Crippen MR) is 201 cm³/mol. The highest BCUT2D eigenvalue weighted by molar-refractivity contribution is 7.20. The summed E-state index contributed by atoms with van der Waals surface area (Å²) in [5.41, 5.74) is 0.678. The Balaban J connectivity index is 5.55. The van der Waals surface area contributed by atoms with Gasteiger partial charge in [0.1, 0.15) is 0 Å². The van der Waals surface area contributed by atoms with Crippen LogP contribution in [0.15, 0.2) is 0 Å². The van der Waals surface area contributed by atoms with Crippen LogP contribution in [0, 0.1) is 0 Å². The standard InChI is InChI=1S/C26H69ClO7Si8/c1-20-23-24-35(6,7)28-36(8,9)29-37(10,11)30-38(12,13)31-39(14,15)32-40(16,17)33-41(18,19)34-42(27,25(4)21-2)26(5)22-3/h25-26H,20-24H2,1-19H3. The molecule has 0 aliphatic carbocycles. The highest BCUT2D eigenvalue weighted by atomic mass is 35.6. The molecule has 0 amide bonds. The van der Waals surface area contributed by atoms with E-state index in [1.807, 2.05) is 0 Å². The minimum Gasteiger partial charge on any atom is -0.436 e. The Morgan fingerprint density at radius 3 is 0.976 bits per heavy atom. The normalized spacial score (nSPS) is 17.7. The van der Waals surface area contributed by atoms with Crippen molar-refractivity contribution in [3.63, 3.8) is 0 Å². The highest BCUT2D eigenvalue weighted by Gasteiger charge is 2.52. The number of hydrogen-bond donors (Lipinski definition) is 0. The second-order valence-corrected chi connectivity index (χ2v) is 47.0. The molecule has 254 valence electrons. The lowest BCUT2D eigenvalue weighted by Gasteiger charge is -2.45. The Labute approximate surface area is 274 Å². The lowest BCUT2D eigenvalue weighted by Crippen LogP contribution is -2.61. The fraction of sp³-hybridized carbons (Fsp3) is 1.00. The van der Waals surface area contributed by atoms with E-state index in [2.05, 4.69) is 126 Å². The number of hydrogen-bond acceptors (Lipinski definition) is 7. The van der Waals surface area contributed by atoms with E-state index in [0.717, 1.165) is 18.9 Å². The van der Waals surface area contributed by atoms with E-state index in [1.165, 1.54) is 12.8 Å². The van der Waals surface area contributed by atoms with Gasteiger partial charge in [0.2, 0.25) is 0 Å². The van der Waals surface area contributed by atoms with Gasteiger partial charge in [0.15, 0.2) is 8.32 Å². The van der Waals surface area contributed by atoms with Crippen molar-refractivity contribution < 1.29 is 28.8 Å². The molecule has 16 heteroatoms. The first-order chi connectivity index (χ1) is 18.5. The van der Waals surface area contributed by atoms with Crippen molar-refractivity contribution in [2.45, 2.75) is 169 Å². The van der Waals surface area contributed by atoms with Gasteiger partial charge in [-0.05, 0) is 109 Å². The van der Waals surface area contributed by atoms with E-state index in [4.69, 9.17) is 39.9 Å². The summed E-state index contributed by atoms with van der Waals surface area (Å²) in [6.07, 6.45) is 4.40. The molecule has 0 aliphatic rings. The summed E-state index contributed by atoms with van der Waals surface area (Å²) in [4.78, 5) is 0. The van der Waals surface area contributed by atoms with Crippen molar-refractivity contribution >= 4 is 78.4 Å².